The van der Waals surface area contributed by atoms with Gasteiger partial charge in [-0.3, -0.25) is 9.59 Å². The minimum absolute atomic E-state index is 0. The predicted molar refractivity (Wildman–Crippen MR) is 83.4 cm³/mol. The SMILES string of the molecule is CCCNC(=O)CCNC(=O)c1ccc(N)cc1Cl.Cl. The lowest BCUT2D eigenvalue weighted by Gasteiger charge is -2.07. The summed E-state index contributed by atoms with van der Waals surface area (Å²) in [6.45, 7) is 2.90. The van der Waals surface area contributed by atoms with Crippen LogP contribution in [-0.4, -0.2) is 24.9 Å². The lowest BCUT2D eigenvalue weighted by Crippen LogP contribution is -2.31. The highest BCUT2D eigenvalue weighted by Gasteiger charge is 2.10. The predicted octanol–water partition coefficient (Wildman–Crippen LogP) is 1.99. The molecule has 20 heavy (non-hydrogen) atoms. The molecule has 1 rings (SSSR count). The van der Waals surface area contributed by atoms with Crippen LogP contribution < -0.4 is 16.4 Å². The minimum Gasteiger partial charge on any atom is -0.399 e. The first-order valence-electron chi connectivity index (χ1n) is 6.14. The molecule has 0 aromatic heterocycles. The van der Waals surface area contributed by atoms with Gasteiger partial charge < -0.3 is 16.4 Å². The number of nitrogen functional groups attached to an aromatic ring is 1. The van der Waals surface area contributed by atoms with Crippen molar-refractivity contribution in [2.75, 3.05) is 18.8 Å². The molecule has 0 radical (unpaired) electrons. The smallest absolute Gasteiger partial charge is 0.252 e. The van der Waals surface area contributed by atoms with E-state index < -0.39 is 0 Å². The van der Waals surface area contributed by atoms with E-state index in [4.69, 9.17) is 17.3 Å². The molecule has 1 aromatic carbocycles. The highest BCUT2D eigenvalue weighted by atomic mass is 35.5. The fourth-order valence-corrected chi connectivity index (χ4v) is 1.73. The second-order valence-corrected chi connectivity index (χ2v) is 4.50. The number of hydrogen-bond donors (Lipinski definition) is 3. The Bertz CT molecular complexity index is 467. The second kappa shape index (κ2) is 9.44. The summed E-state index contributed by atoms with van der Waals surface area (Å²) in [5.74, 6) is -0.390. The summed E-state index contributed by atoms with van der Waals surface area (Å²) in [5, 5.41) is 5.67. The van der Waals surface area contributed by atoms with Crippen molar-refractivity contribution in [1.82, 2.24) is 10.6 Å². The molecule has 0 unspecified atom stereocenters. The van der Waals surface area contributed by atoms with Crippen LogP contribution in [0.25, 0.3) is 0 Å². The Morgan fingerprint density at radius 2 is 1.95 bits per heavy atom. The van der Waals surface area contributed by atoms with Gasteiger partial charge in [-0.1, -0.05) is 18.5 Å². The summed E-state index contributed by atoms with van der Waals surface area (Å²) in [5.41, 5.74) is 6.40. The average molecular weight is 320 g/mol. The van der Waals surface area contributed by atoms with E-state index in [9.17, 15) is 9.59 Å². The van der Waals surface area contributed by atoms with Gasteiger partial charge in [-0.25, -0.2) is 0 Å². The molecule has 0 spiro atoms. The number of nitrogens with one attached hydrogen (secondary N) is 2. The van der Waals surface area contributed by atoms with Gasteiger partial charge in [0.15, 0.2) is 0 Å². The molecule has 2 amide bonds. The summed E-state index contributed by atoms with van der Waals surface area (Å²) in [4.78, 5) is 23.1. The van der Waals surface area contributed by atoms with Gasteiger partial charge in [-0.05, 0) is 24.6 Å². The van der Waals surface area contributed by atoms with E-state index in [1.807, 2.05) is 6.92 Å². The van der Waals surface area contributed by atoms with E-state index in [2.05, 4.69) is 10.6 Å². The van der Waals surface area contributed by atoms with Crippen LogP contribution in [0.15, 0.2) is 18.2 Å². The quantitative estimate of drug-likeness (QED) is 0.701. The molecule has 0 heterocycles. The molecule has 4 N–H and O–H groups in total. The van der Waals surface area contributed by atoms with Crippen molar-refractivity contribution >= 4 is 41.5 Å². The number of rotatable bonds is 6. The molecule has 0 aliphatic carbocycles. The normalized spacial score (nSPS) is 9.50. The Hall–Kier alpha value is -1.46. The third kappa shape index (κ3) is 6.12. The van der Waals surface area contributed by atoms with Crippen molar-refractivity contribution in [3.63, 3.8) is 0 Å². The van der Waals surface area contributed by atoms with Gasteiger partial charge in [0.1, 0.15) is 0 Å². The van der Waals surface area contributed by atoms with Gasteiger partial charge in [-0.15, -0.1) is 12.4 Å². The van der Waals surface area contributed by atoms with E-state index in [0.29, 0.717) is 22.8 Å². The van der Waals surface area contributed by atoms with Crippen molar-refractivity contribution in [1.29, 1.82) is 0 Å². The summed E-state index contributed by atoms with van der Waals surface area (Å²) in [7, 11) is 0. The average Bonchev–Trinajstić information content (AvgIpc) is 2.36. The summed E-state index contributed by atoms with van der Waals surface area (Å²) >= 11 is 5.91. The van der Waals surface area contributed by atoms with Crippen LogP contribution in [0.3, 0.4) is 0 Å². The number of amides is 2. The maximum absolute atomic E-state index is 11.8. The number of carbonyl (C=O) groups excluding carboxylic acids is 2. The largest absolute Gasteiger partial charge is 0.399 e. The molecule has 0 atom stereocenters. The monoisotopic (exact) mass is 319 g/mol. The van der Waals surface area contributed by atoms with Crippen molar-refractivity contribution in [2.24, 2.45) is 0 Å². The van der Waals surface area contributed by atoms with E-state index >= 15 is 0 Å². The number of anilines is 1. The number of benzene rings is 1. The number of nitrogens with two attached hydrogens (primary N) is 1. The number of carbonyl (C=O) groups is 2. The van der Waals surface area contributed by atoms with Crippen molar-refractivity contribution in [3.8, 4) is 0 Å². The van der Waals surface area contributed by atoms with Crippen LogP contribution in [0.4, 0.5) is 5.69 Å². The highest BCUT2D eigenvalue weighted by molar-refractivity contribution is 6.34. The second-order valence-electron chi connectivity index (χ2n) is 4.10. The van der Waals surface area contributed by atoms with Crippen LogP contribution in [0, 0.1) is 0 Å². The molecule has 0 saturated carbocycles. The molecule has 112 valence electrons. The Labute approximate surface area is 129 Å². The van der Waals surface area contributed by atoms with Gasteiger partial charge >= 0.3 is 0 Å². The van der Waals surface area contributed by atoms with Crippen molar-refractivity contribution in [2.45, 2.75) is 19.8 Å². The molecule has 0 saturated heterocycles. The maximum Gasteiger partial charge on any atom is 0.252 e. The molecule has 0 aliphatic heterocycles. The lowest BCUT2D eigenvalue weighted by molar-refractivity contribution is -0.120. The molecule has 7 heteroatoms. The van der Waals surface area contributed by atoms with Crippen LogP contribution in [0.5, 0.6) is 0 Å². The van der Waals surface area contributed by atoms with Gasteiger partial charge in [0.2, 0.25) is 5.91 Å². The fourth-order valence-electron chi connectivity index (χ4n) is 1.45. The topological polar surface area (TPSA) is 84.2 Å². The standard InChI is InChI=1S/C13H18ClN3O2.ClH/c1-2-6-16-12(18)5-7-17-13(19)10-4-3-9(15)8-11(10)14;/h3-4,8H,2,5-7,15H2,1H3,(H,16,18)(H,17,19);1H. The van der Waals surface area contributed by atoms with Crippen LogP contribution >= 0.6 is 24.0 Å². The molecular formula is C13H19Cl2N3O2. The molecule has 0 aliphatic rings. The lowest BCUT2D eigenvalue weighted by atomic mass is 10.2. The van der Waals surface area contributed by atoms with Crippen molar-refractivity contribution in [3.05, 3.63) is 28.8 Å². The zero-order chi connectivity index (χ0) is 14.3. The maximum atomic E-state index is 11.8. The van der Waals surface area contributed by atoms with Crippen molar-refractivity contribution < 1.29 is 9.59 Å². The molecular weight excluding hydrogens is 301 g/mol. The Morgan fingerprint density at radius 3 is 2.55 bits per heavy atom. The van der Waals surface area contributed by atoms with Gasteiger partial charge in [0.25, 0.3) is 5.91 Å². The van der Waals surface area contributed by atoms with E-state index in [-0.39, 0.29) is 37.2 Å². The summed E-state index contributed by atoms with van der Waals surface area (Å²) in [6.07, 6.45) is 1.14. The Morgan fingerprint density at radius 1 is 1.25 bits per heavy atom. The molecule has 0 bridgehead atoms. The van der Waals surface area contributed by atoms with E-state index in [0.717, 1.165) is 6.42 Å². The third-order valence-corrected chi connectivity index (χ3v) is 2.76. The fraction of sp³-hybridized carbons (Fsp3) is 0.385. The van der Waals surface area contributed by atoms with Gasteiger partial charge in [0, 0.05) is 25.2 Å². The van der Waals surface area contributed by atoms with Crippen LogP contribution in [0.2, 0.25) is 5.02 Å². The van der Waals surface area contributed by atoms with Gasteiger partial charge in [-0.2, -0.15) is 0 Å². The zero-order valence-corrected chi connectivity index (χ0v) is 12.8. The highest BCUT2D eigenvalue weighted by Crippen LogP contribution is 2.18. The number of hydrogen-bond acceptors (Lipinski definition) is 3. The van der Waals surface area contributed by atoms with Gasteiger partial charge in [0.05, 0.1) is 10.6 Å². The molecule has 0 fully saturated rings. The number of halogens is 2. The minimum atomic E-state index is -0.312. The first-order chi connectivity index (χ1) is 9.04. The molecule has 1 aromatic rings. The zero-order valence-electron chi connectivity index (χ0n) is 11.2. The molecule has 5 nitrogen and oxygen atoms in total. The van der Waals surface area contributed by atoms with Crippen LogP contribution in [-0.2, 0) is 4.79 Å². The third-order valence-electron chi connectivity index (χ3n) is 2.45. The first kappa shape index (κ1) is 18.5. The van der Waals surface area contributed by atoms with E-state index in [1.54, 1.807) is 12.1 Å². The van der Waals surface area contributed by atoms with E-state index in [1.165, 1.54) is 6.07 Å². The summed E-state index contributed by atoms with van der Waals surface area (Å²) in [6, 6.07) is 4.68. The Kier molecular flexibility index (Phi) is 8.76. The first-order valence-corrected chi connectivity index (χ1v) is 6.52. The Balaban J connectivity index is 0.00000361. The van der Waals surface area contributed by atoms with Crippen LogP contribution in [0.1, 0.15) is 30.1 Å². The summed E-state index contributed by atoms with van der Waals surface area (Å²) < 4.78 is 0.